The largest absolute Gasteiger partial charge is 0.396 e. The van der Waals surface area contributed by atoms with Crippen LogP contribution in [0.15, 0.2) is 83.5 Å². The van der Waals surface area contributed by atoms with Crippen molar-refractivity contribution in [3.8, 4) is 0 Å². The minimum Gasteiger partial charge on any atom is -0.396 e. The van der Waals surface area contributed by atoms with Gasteiger partial charge in [0, 0.05) is 31.2 Å². The summed E-state index contributed by atoms with van der Waals surface area (Å²) in [7, 11) is 1.50. The van der Waals surface area contributed by atoms with Crippen LogP contribution in [-0.4, -0.2) is 41.3 Å². The molecule has 6 heteroatoms. The molecule has 41 heavy (non-hydrogen) atoms. The molecule has 4 N–H and O–H groups in total. The Hall–Kier alpha value is -2.57. The lowest BCUT2D eigenvalue weighted by molar-refractivity contribution is 0.282. The molecule has 0 saturated heterocycles. The first-order chi connectivity index (χ1) is 19.9. The van der Waals surface area contributed by atoms with Crippen molar-refractivity contribution in [2.75, 3.05) is 20.2 Å². The summed E-state index contributed by atoms with van der Waals surface area (Å²) in [4.78, 5) is 2.02. The molecule has 1 aromatic rings. The summed E-state index contributed by atoms with van der Waals surface area (Å²) in [6, 6.07) is 8.87. The van der Waals surface area contributed by atoms with E-state index in [1.165, 1.54) is 73.4 Å². The van der Waals surface area contributed by atoms with Gasteiger partial charge in [-0.1, -0.05) is 100 Å². The van der Waals surface area contributed by atoms with Crippen molar-refractivity contribution in [1.82, 2.24) is 15.3 Å². The van der Waals surface area contributed by atoms with Crippen LogP contribution in [0.5, 0.6) is 0 Å². The molecule has 1 fully saturated rings. The van der Waals surface area contributed by atoms with E-state index in [1.807, 2.05) is 4.90 Å². The summed E-state index contributed by atoms with van der Waals surface area (Å²) in [5.74, 6) is 0. The third-order valence-corrected chi connectivity index (χ3v) is 7.63. The van der Waals surface area contributed by atoms with Crippen molar-refractivity contribution in [2.24, 2.45) is 5.73 Å². The Morgan fingerprint density at radius 3 is 2.39 bits per heavy atom. The second-order valence-electron chi connectivity index (χ2n) is 10.5. The van der Waals surface area contributed by atoms with Crippen LogP contribution in [0.2, 0.25) is 0 Å². The predicted octanol–water partition coefficient (Wildman–Crippen LogP) is 8.48. The van der Waals surface area contributed by atoms with E-state index in [0.29, 0.717) is 6.61 Å². The Kier molecular flexibility index (Phi) is 15.9. The lowest BCUT2D eigenvalue weighted by atomic mass is 9.90. The minimum absolute atomic E-state index is 0.258. The van der Waals surface area contributed by atoms with E-state index in [4.69, 9.17) is 16.7 Å². The number of aliphatic hydroxyl groups excluding tert-OH is 1. The van der Waals surface area contributed by atoms with Crippen LogP contribution in [0.3, 0.4) is 0 Å². The van der Waals surface area contributed by atoms with Gasteiger partial charge < -0.3 is 20.7 Å². The third-order valence-electron chi connectivity index (χ3n) is 7.22. The highest BCUT2D eigenvalue weighted by Gasteiger charge is 2.25. The molecule has 226 valence electrons. The zero-order valence-corrected chi connectivity index (χ0v) is 26.8. The monoisotopic (exact) mass is 580 g/mol. The van der Waals surface area contributed by atoms with Gasteiger partial charge >= 0.3 is 0 Å². The van der Waals surface area contributed by atoms with Crippen molar-refractivity contribution in [3.05, 3.63) is 94.6 Å². The van der Waals surface area contributed by atoms with Gasteiger partial charge in [0.2, 0.25) is 0 Å². The van der Waals surface area contributed by atoms with E-state index in [1.54, 1.807) is 0 Å². The molecule has 2 heterocycles. The second kappa shape index (κ2) is 18.8. The molecule has 3 aliphatic rings. The number of hydrazine groups is 1. The topological polar surface area (TPSA) is 64.8 Å². The van der Waals surface area contributed by atoms with Crippen molar-refractivity contribution in [1.29, 1.82) is 0 Å². The van der Waals surface area contributed by atoms with Crippen LogP contribution in [0.1, 0.15) is 96.6 Å². The molecule has 0 radical (unpaired) electrons. The van der Waals surface area contributed by atoms with Gasteiger partial charge in [0.05, 0.1) is 6.04 Å². The second-order valence-corrected chi connectivity index (χ2v) is 10.9. The molecule has 5 nitrogen and oxygen atoms in total. The number of allylic oxidation sites excluding steroid dienone is 6. The normalized spacial score (nSPS) is 18.1. The molecule has 0 amide bonds. The number of nitrogens with zero attached hydrogens (tertiary/aromatic N) is 2. The predicted molar refractivity (Wildman–Crippen MR) is 179 cm³/mol. The summed E-state index contributed by atoms with van der Waals surface area (Å²) in [5.41, 5.74) is 16.5. The van der Waals surface area contributed by atoms with E-state index < -0.39 is 0 Å². The zero-order chi connectivity index (χ0) is 30.2. The van der Waals surface area contributed by atoms with Gasteiger partial charge in [-0.25, -0.2) is 5.43 Å². The smallest absolute Gasteiger partial charge is 0.117 e. The van der Waals surface area contributed by atoms with Crippen LogP contribution < -0.4 is 11.2 Å². The highest BCUT2D eigenvalue weighted by molar-refractivity contribution is 6.32. The first-order valence-corrected chi connectivity index (χ1v) is 15.8. The Balaban J connectivity index is 0.000000509. The highest BCUT2D eigenvalue weighted by atomic mass is 35.5. The van der Waals surface area contributed by atoms with Gasteiger partial charge in [0.15, 0.2) is 0 Å². The standard InChI is InChI=1S/C27H32ClN3.C7H16O.CH5N/c1-5-9-25(27(28)31-15-14-22(16-19(31)3)17-21-12-13-21)23-10-7-8-11-24(23)26-18-30(6-2)29-20(26)4;1-2-3-4-5-6-7-8;1-2/h7-8,10-11,14-18,20,29H,3,5-6,9,12-13H2,1-2,4H3;8H,2-7H2,1H3;2H2,1H3/b27-25+;;. The number of unbranched alkanes of at least 4 members (excludes halogenated alkanes) is 4. The first-order valence-electron chi connectivity index (χ1n) is 15.4. The van der Waals surface area contributed by atoms with Crippen molar-refractivity contribution < 1.29 is 5.11 Å². The molecule has 1 atom stereocenters. The van der Waals surface area contributed by atoms with Crippen LogP contribution in [0.25, 0.3) is 11.1 Å². The molecule has 0 spiro atoms. The van der Waals surface area contributed by atoms with E-state index in [0.717, 1.165) is 42.2 Å². The molecule has 2 aliphatic heterocycles. The SMILES string of the molecule is C=C1C=C(C=C2CC2)C=CN1/C(Cl)=C(\CCC)c1ccccc1C1=CN(CC)NC1C.CCCCCCCO.CN. The Labute approximate surface area is 254 Å². The number of benzene rings is 1. The van der Waals surface area contributed by atoms with E-state index in [2.05, 4.69) is 105 Å². The van der Waals surface area contributed by atoms with Gasteiger partial charge in [-0.2, -0.15) is 0 Å². The average molecular weight is 581 g/mol. The van der Waals surface area contributed by atoms with E-state index >= 15 is 0 Å². The number of rotatable bonds is 12. The summed E-state index contributed by atoms with van der Waals surface area (Å²) in [5, 5.41) is 11.2. The molecule has 1 saturated carbocycles. The van der Waals surface area contributed by atoms with Crippen molar-refractivity contribution in [3.63, 3.8) is 0 Å². The Bertz CT molecular complexity index is 1120. The molecule has 1 aromatic carbocycles. The molecule has 1 aliphatic carbocycles. The summed E-state index contributed by atoms with van der Waals surface area (Å²) < 4.78 is 0. The fourth-order valence-corrected chi connectivity index (χ4v) is 5.24. The maximum Gasteiger partial charge on any atom is 0.117 e. The minimum atomic E-state index is 0.258. The fourth-order valence-electron chi connectivity index (χ4n) is 4.88. The Morgan fingerprint density at radius 2 is 1.80 bits per heavy atom. The van der Waals surface area contributed by atoms with Crippen LogP contribution in [0.4, 0.5) is 0 Å². The lowest BCUT2D eigenvalue weighted by Gasteiger charge is -2.27. The molecule has 4 rings (SSSR count). The lowest BCUT2D eigenvalue weighted by Crippen LogP contribution is -2.33. The van der Waals surface area contributed by atoms with Gasteiger partial charge in [-0.15, -0.1) is 0 Å². The summed E-state index contributed by atoms with van der Waals surface area (Å²) >= 11 is 7.07. The first kappa shape index (κ1) is 34.6. The number of hydrogen-bond acceptors (Lipinski definition) is 5. The maximum atomic E-state index is 8.37. The molecule has 0 bridgehead atoms. The van der Waals surface area contributed by atoms with E-state index in [-0.39, 0.29) is 6.04 Å². The number of aliphatic hydroxyl groups is 1. The average Bonchev–Trinajstić information content (AvgIpc) is 3.73. The van der Waals surface area contributed by atoms with Crippen molar-refractivity contribution in [2.45, 2.75) is 91.5 Å². The van der Waals surface area contributed by atoms with Crippen LogP contribution in [-0.2, 0) is 0 Å². The maximum absolute atomic E-state index is 8.37. The number of nitrogens with two attached hydrogens (primary N) is 1. The van der Waals surface area contributed by atoms with Crippen LogP contribution in [0, 0.1) is 0 Å². The molecular weight excluding hydrogens is 528 g/mol. The summed E-state index contributed by atoms with van der Waals surface area (Å²) in [6.07, 6.45) is 21.2. The highest BCUT2D eigenvalue weighted by Crippen LogP contribution is 2.38. The Morgan fingerprint density at radius 1 is 1.10 bits per heavy atom. The molecule has 1 unspecified atom stereocenters. The quantitative estimate of drug-likeness (QED) is 0.171. The third kappa shape index (κ3) is 10.6. The summed E-state index contributed by atoms with van der Waals surface area (Å²) in [6.45, 7) is 14.3. The van der Waals surface area contributed by atoms with Gasteiger partial charge in [-0.05, 0) is 86.6 Å². The zero-order valence-electron chi connectivity index (χ0n) is 26.1. The number of halogens is 1. The van der Waals surface area contributed by atoms with Crippen molar-refractivity contribution >= 4 is 22.7 Å². The number of hydrogen-bond donors (Lipinski definition) is 3. The molecule has 0 aromatic heterocycles. The van der Waals surface area contributed by atoms with E-state index in [9.17, 15) is 0 Å². The van der Waals surface area contributed by atoms with Gasteiger partial charge in [-0.3, -0.25) is 0 Å². The fraction of sp³-hybridized carbons (Fsp3) is 0.486. The number of nitrogens with one attached hydrogen (secondary N) is 1. The van der Waals surface area contributed by atoms with Gasteiger partial charge in [0.1, 0.15) is 5.16 Å². The molecular formula is C35H53ClN4O. The van der Waals surface area contributed by atoms with Gasteiger partial charge in [0.25, 0.3) is 0 Å². The van der Waals surface area contributed by atoms with Crippen LogP contribution >= 0.6 is 11.6 Å².